The summed E-state index contributed by atoms with van der Waals surface area (Å²) >= 11 is 0. The van der Waals surface area contributed by atoms with Crippen molar-refractivity contribution in [2.45, 2.75) is 19.9 Å². The third kappa shape index (κ3) is 4.15. The van der Waals surface area contributed by atoms with E-state index in [2.05, 4.69) is 15.4 Å². The number of amides is 1. The largest absolute Gasteiger partial charge is 0.452 e. The summed E-state index contributed by atoms with van der Waals surface area (Å²) in [5, 5.41) is 6.76. The van der Waals surface area contributed by atoms with E-state index in [9.17, 15) is 9.59 Å². The molecule has 1 N–H and O–H groups in total. The Kier molecular flexibility index (Phi) is 5.12. The predicted octanol–water partition coefficient (Wildman–Crippen LogP) is 2.80. The number of hydrogen-bond acceptors (Lipinski definition) is 6. The van der Waals surface area contributed by atoms with E-state index in [-0.39, 0.29) is 11.9 Å². The highest BCUT2D eigenvalue weighted by Crippen LogP contribution is 2.15. The number of anilines is 1. The number of para-hydroxylation sites is 2. The SMILES string of the molecule is CC(C)n1nccc1NC(=O)COC(=O)C=Cc1nc2ccccc2o1. The first-order valence-corrected chi connectivity index (χ1v) is 8.06. The van der Waals surface area contributed by atoms with Crippen LogP contribution in [0.3, 0.4) is 0 Å². The summed E-state index contributed by atoms with van der Waals surface area (Å²) in [4.78, 5) is 27.8. The van der Waals surface area contributed by atoms with Crippen molar-refractivity contribution in [2.24, 2.45) is 0 Å². The third-order valence-electron chi connectivity index (χ3n) is 3.44. The van der Waals surface area contributed by atoms with Crippen LogP contribution >= 0.6 is 0 Å². The minimum atomic E-state index is -0.667. The maximum atomic E-state index is 11.9. The molecule has 8 nitrogen and oxygen atoms in total. The van der Waals surface area contributed by atoms with Crippen LogP contribution in [0.5, 0.6) is 0 Å². The summed E-state index contributed by atoms with van der Waals surface area (Å²) in [5.41, 5.74) is 1.32. The first kappa shape index (κ1) is 17.4. The Bertz CT molecular complexity index is 922. The molecule has 0 unspecified atom stereocenters. The van der Waals surface area contributed by atoms with Crippen LogP contribution in [0, 0.1) is 0 Å². The Hall–Kier alpha value is -3.42. The number of rotatable bonds is 6. The molecule has 0 aliphatic heterocycles. The molecule has 1 amide bonds. The number of aromatic nitrogens is 3. The molecule has 0 atom stereocenters. The molecule has 2 aromatic heterocycles. The van der Waals surface area contributed by atoms with Crippen LogP contribution in [-0.2, 0) is 14.3 Å². The zero-order valence-corrected chi connectivity index (χ0v) is 14.4. The van der Waals surface area contributed by atoms with Gasteiger partial charge in [0.05, 0.1) is 6.20 Å². The van der Waals surface area contributed by atoms with E-state index < -0.39 is 18.5 Å². The average Bonchev–Trinajstić information content (AvgIpc) is 3.24. The maximum Gasteiger partial charge on any atom is 0.331 e. The molecule has 8 heteroatoms. The van der Waals surface area contributed by atoms with Gasteiger partial charge in [0.2, 0.25) is 5.89 Å². The van der Waals surface area contributed by atoms with Gasteiger partial charge >= 0.3 is 5.97 Å². The van der Waals surface area contributed by atoms with Gasteiger partial charge in [0, 0.05) is 24.3 Å². The number of hydrogen-bond donors (Lipinski definition) is 1. The van der Waals surface area contributed by atoms with Crippen molar-refractivity contribution < 1.29 is 18.7 Å². The number of carbonyl (C=O) groups is 2. The Balaban J connectivity index is 1.51. The number of carbonyl (C=O) groups excluding carboxylic acids is 2. The third-order valence-corrected chi connectivity index (χ3v) is 3.44. The topological polar surface area (TPSA) is 99.2 Å². The fourth-order valence-electron chi connectivity index (χ4n) is 2.29. The van der Waals surface area contributed by atoms with Gasteiger partial charge in [-0.15, -0.1) is 0 Å². The van der Waals surface area contributed by atoms with Gasteiger partial charge in [-0.05, 0) is 26.0 Å². The highest BCUT2D eigenvalue weighted by atomic mass is 16.5. The van der Waals surface area contributed by atoms with E-state index in [1.54, 1.807) is 29.1 Å². The summed E-state index contributed by atoms with van der Waals surface area (Å²) in [6.45, 7) is 3.49. The Morgan fingerprint density at radius 2 is 2.12 bits per heavy atom. The highest BCUT2D eigenvalue weighted by Gasteiger charge is 2.11. The number of nitrogens with one attached hydrogen (secondary N) is 1. The minimum absolute atomic E-state index is 0.0992. The molecular weight excluding hydrogens is 336 g/mol. The van der Waals surface area contributed by atoms with Crippen LogP contribution in [-0.4, -0.2) is 33.2 Å². The molecule has 0 saturated carbocycles. The molecule has 0 radical (unpaired) electrons. The second-order valence-electron chi connectivity index (χ2n) is 5.76. The van der Waals surface area contributed by atoms with Crippen LogP contribution in [0.15, 0.2) is 47.0 Å². The zero-order valence-electron chi connectivity index (χ0n) is 14.4. The van der Waals surface area contributed by atoms with Crippen LogP contribution < -0.4 is 5.32 Å². The quantitative estimate of drug-likeness (QED) is 0.540. The molecule has 0 aliphatic carbocycles. The Morgan fingerprint density at radius 1 is 1.31 bits per heavy atom. The van der Waals surface area contributed by atoms with E-state index >= 15 is 0 Å². The smallest absolute Gasteiger partial charge is 0.331 e. The molecule has 134 valence electrons. The van der Waals surface area contributed by atoms with Crippen molar-refractivity contribution in [2.75, 3.05) is 11.9 Å². The van der Waals surface area contributed by atoms with Crippen molar-refractivity contribution in [3.63, 3.8) is 0 Å². The number of esters is 1. The van der Waals surface area contributed by atoms with Crippen molar-refractivity contribution in [1.82, 2.24) is 14.8 Å². The number of oxazole rings is 1. The molecule has 0 saturated heterocycles. The van der Waals surface area contributed by atoms with E-state index in [1.807, 2.05) is 26.0 Å². The molecule has 0 aliphatic rings. The summed E-state index contributed by atoms with van der Waals surface area (Å²) < 4.78 is 12.0. The summed E-state index contributed by atoms with van der Waals surface area (Å²) in [6.07, 6.45) is 4.15. The lowest BCUT2D eigenvalue weighted by molar-refractivity contribution is -0.142. The summed E-state index contributed by atoms with van der Waals surface area (Å²) in [7, 11) is 0. The predicted molar refractivity (Wildman–Crippen MR) is 95.2 cm³/mol. The summed E-state index contributed by atoms with van der Waals surface area (Å²) in [5.74, 6) is -0.285. The van der Waals surface area contributed by atoms with Gasteiger partial charge in [-0.3, -0.25) is 4.79 Å². The van der Waals surface area contributed by atoms with Crippen LogP contribution in [0.25, 0.3) is 17.2 Å². The molecule has 3 aromatic rings. The van der Waals surface area contributed by atoms with Gasteiger partial charge in [-0.1, -0.05) is 12.1 Å². The Labute approximate surface area is 149 Å². The first-order valence-electron chi connectivity index (χ1n) is 8.06. The van der Waals surface area contributed by atoms with Gasteiger partial charge in [0.25, 0.3) is 5.91 Å². The van der Waals surface area contributed by atoms with E-state index in [4.69, 9.17) is 9.15 Å². The molecule has 0 spiro atoms. The number of fused-ring (bicyclic) bond motifs is 1. The fourth-order valence-corrected chi connectivity index (χ4v) is 2.29. The van der Waals surface area contributed by atoms with E-state index in [1.165, 1.54) is 6.08 Å². The lowest BCUT2D eigenvalue weighted by Gasteiger charge is -2.11. The van der Waals surface area contributed by atoms with Crippen LogP contribution in [0.1, 0.15) is 25.8 Å². The van der Waals surface area contributed by atoms with Gasteiger partial charge in [-0.2, -0.15) is 5.10 Å². The average molecular weight is 354 g/mol. The van der Waals surface area contributed by atoms with Gasteiger partial charge in [0.1, 0.15) is 11.3 Å². The van der Waals surface area contributed by atoms with E-state index in [0.717, 1.165) is 6.08 Å². The summed E-state index contributed by atoms with van der Waals surface area (Å²) in [6, 6.07) is 9.04. The monoisotopic (exact) mass is 354 g/mol. The Morgan fingerprint density at radius 3 is 2.88 bits per heavy atom. The number of ether oxygens (including phenoxy) is 1. The highest BCUT2D eigenvalue weighted by molar-refractivity contribution is 5.94. The molecule has 2 heterocycles. The van der Waals surface area contributed by atoms with Gasteiger partial charge in [0.15, 0.2) is 12.2 Å². The lowest BCUT2D eigenvalue weighted by Crippen LogP contribution is -2.22. The molecule has 26 heavy (non-hydrogen) atoms. The first-order chi connectivity index (χ1) is 12.5. The molecule has 1 aromatic carbocycles. The number of nitrogens with zero attached hydrogens (tertiary/aromatic N) is 3. The van der Waals surface area contributed by atoms with Crippen molar-refractivity contribution in [3.8, 4) is 0 Å². The number of benzene rings is 1. The van der Waals surface area contributed by atoms with Crippen molar-refractivity contribution in [1.29, 1.82) is 0 Å². The normalized spacial score (nSPS) is 11.3. The van der Waals surface area contributed by atoms with E-state index in [0.29, 0.717) is 16.9 Å². The molecule has 0 fully saturated rings. The van der Waals surface area contributed by atoms with Crippen LogP contribution in [0.4, 0.5) is 5.82 Å². The van der Waals surface area contributed by atoms with Crippen LogP contribution in [0.2, 0.25) is 0 Å². The molecule has 3 rings (SSSR count). The standard InChI is InChI=1S/C18H18N4O4/c1-12(2)22-15(9-10-19-22)21-16(23)11-25-18(24)8-7-17-20-13-5-3-4-6-14(13)26-17/h3-10,12H,11H2,1-2H3,(H,21,23). The van der Waals surface area contributed by atoms with Crippen molar-refractivity contribution >= 4 is 34.9 Å². The zero-order chi connectivity index (χ0) is 18.5. The van der Waals surface area contributed by atoms with Gasteiger partial charge < -0.3 is 14.5 Å². The lowest BCUT2D eigenvalue weighted by atomic mass is 10.3. The van der Waals surface area contributed by atoms with Gasteiger partial charge in [-0.25, -0.2) is 14.5 Å². The maximum absolute atomic E-state index is 11.9. The van der Waals surface area contributed by atoms with Crippen molar-refractivity contribution in [3.05, 3.63) is 48.5 Å². The second-order valence-corrected chi connectivity index (χ2v) is 5.76. The minimum Gasteiger partial charge on any atom is -0.452 e. The fraction of sp³-hybridized carbons (Fsp3) is 0.222. The molecule has 0 bridgehead atoms. The second kappa shape index (κ2) is 7.64. The molecular formula is C18H18N4O4.